The molecule has 0 aromatic rings. The molecule has 2 heteroatoms. The predicted molar refractivity (Wildman–Crippen MR) is 33.8 cm³/mol. The molecular formula is C7H10O2. The number of aliphatic hydroxyl groups is 1. The lowest BCUT2D eigenvalue weighted by molar-refractivity contribution is 0.0489. The number of rotatable bonds is 1. The van der Waals surface area contributed by atoms with Crippen molar-refractivity contribution in [1.29, 1.82) is 0 Å². The van der Waals surface area contributed by atoms with Crippen molar-refractivity contribution in [3.63, 3.8) is 0 Å². The van der Waals surface area contributed by atoms with Crippen molar-refractivity contribution in [3.05, 3.63) is 0 Å². The number of hydrogen-bond donors (Lipinski definition) is 1. The van der Waals surface area contributed by atoms with Gasteiger partial charge in [-0.3, -0.25) is 0 Å². The summed E-state index contributed by atoms with van der Waals surface area (Å²) >= 11 is 0. The van der Waals surface area contributed by atoms with Gasteiger partial charge >= 0.3 is 0 Å². The molecule has 0 aliphatic carbocycles. The Hall–Kier alpha value is -0.520. The molecule has 9 heavy (non-hydrogen) atoms. The Labute approximate surface area is 54.8 Å². The van der Waals surface area contributed by atoms with Crippen LogP contribution in [0.3, 0.4) is 0 Å². The molecule has 2 nitrogen and oxygen atoms in total. The third-order valence-corrected chi connectivity index (χ3v) is 1.60. The normalized spacial score (nSPS) is 34.2. The van der Waals surface area contributed by atoms with Crippen LogP contribution in [0.1, 0.15) is 6.42 Å². The molecule has 2 unspecified atom stereocenters. The number of terminal acetylenes is 1. The van der Waals surface area contributed by atoms with Gasteiger partial charge in [-0.1, -0.05) is 0 Å². The van der Waals surface area contributed by atoms with Crippen molar-refractivity contribution in [2.45, 2.75) is 12.5 Å². The molecule has 0 radical (unpaired) electrons. The van der Waals surface area contributed by atoms with Crippen molar-refractivity contribution in [1.82, 2.24) is 0 Å². The third-order valence-electron chi connectivity index (χ3n) is 1.60. The molecule has 0 aromatic heterocycles. The molecule has 1 fully saturated rings. The minimum absolute atomic E-state index is 0.0505. The maximum absolute atomic E-state index is 8.65. The van der Waals surface area contributed by atoms with Gasteiger partial charge < -0.3 is 9.84 Å². The van der Waals surface area contributed by atoms with Crippen molar-refractivity contribution in [2.75, 3.05) is 13.2 Å². The summed E-state index contributed by atoms with van der Waals surface area (Å²) in [7, 11) is 0. The Balaban J connectivity index is 2.44. The lowest BCUT2D eigenvalue weighted by Crippen LogP contribution is -2.18. The average molecular weight is 126 g/mol. The van der Waals surface area contributed by atoms with Crippen LogP contribution in [-0.2, 0) is 4.74 Å². The number of aliphatic hydroxyl groups excluding tert-OH is 1. The molecule has 1 N–H and O–H groups in total. The first-order valence-electron chi connectivity index (χ1n) is 3.07. The molecule has 1 saturated heterocycles. The minimum atomic E-state index is -0.102. The van der Waals surface area contributed by atoms with Gasteiger partial charge in [0.1, 0.15) is 0 Å². The van der Waals surface area contributed by atoms with Crippen LogP contribution >= 0.6 is 0 Å². The SMILES string of the molecule is C#CC1CCOC1CO. The Kier molecular flexibility index (Phi) is 2.10. The zero-order chi connectivity index (χ0) is 6.69. The summed E-state index contributed by atoms with van der Waals surface area (Å²) in [6, 6.07) is 0. The smallest absolute Gasteiger partial charge is 0.0943 e. The molecule has 0 saturated carbocycles. The van der Waals surface area contributed by atoms with Crippen LogP contribution in [-0.4, -0.2) is 24.4 Å². The van der Waals surface area contributed by atoms with Crippen molar-refractivity contribution in [2.24, 2.45) is 5.92 Å². The first-order chi connectivity index (χ1) is 4.38. The van der Waals surface area contributed by atoms with E-state index in [2.05, 4.69) is 5.92 Å². The monoisotopic (exact) mass is 126 g/mol. The molecule has 0 aromatic carbocycles. The van der Waals surface area contributed by atoms with Crippen LogP contribution < -0.4 is 0 Å². The van der Waals surface area contributed by atoms with E-state index in [-0.39, 0.29) is 18.6 Å². The van der Waals surface area contributed by atoms with E-state index in [4.69, 9.17) is 16.3 Å². The fourth-order valence-corrected chi connectivity index (χ4v) is 1.02. The predicted octanol–water partition coefficient (Wildman–Crippen LogP) is 0.0170. The molecule has 50 valence electrons. The van der Waals surface area contributed by atoms with E-state index in [1.54, 1.807) is 0 Å². The number of ether oxygens (including phenoxy) is 1. The molecule has 1 aliphatic heterocycles. The second kappa shape index (κ2) is 2.86. The zero-order valence-corrected chi connectivity index (χ0v) is 5.21. The highest BCUT2D eigenvalue weighted by Gasteiger charge is 2.25. The van der Waals surface area contributed by atoms with Gasteiger partial charge in [-0.15, -0.1) is 12.3 Å². The van der Waals surface area contributed by atoms with E-state index in [0.29, 0.717) is 6.61 Å². The highest BCUT2D eigenvalue weighted by atomic mass is 16.5. The molecule has 0 spiro atoms. The second-order valence-electron chi connectivity index (χ2n) is 2.15. The van der Waals surface area contributed by atoms with E-state index in [9.17, 15) is 0 Å². The largest absolute Gasteiger partial charge is 0.394 e. The highest BCUT2D eigenvalue weighted by Crippen LogP contribution is 2.18. The Morgan fingerprint density at radius 1 is 1.78 bits per heavy atom. The first-order valence-corrected chi connectivity index (χ1v) is 3.07. The lowest BCUT2D eigenvalue weighted by Gasteiger charge is -2.08. The van der Waals surface area contributed by atoms with E-state index < -0.39 is 0 Å². The summed E-state index contributed by atoms with van der Waals surface area (Å²) in [6.07, 6.45) is 5.95. The van der Waals surface area contributed by atoms with Crippen molar-refractivity contribution in [3.8, 4) is 12.3 Å². The fraction of sp³-hybridized carbons (Fsp3) is 0.714. The van der Waals surface area contributed by atoms with Gasteiger partial charge in [-0.25, -0.2) is 0 Å². The summed E-state index contributed by atoms with van der Waals surface area (Å²) in [5.74, 6) is 2.71. The van der Waals surface area contributed by atoms with Crippen LogP contribution in [0.25, 0.3) is 0 Å². The van der Waals surface area contributed by atoms with Gasteiger partial charge in [0.15, 0.2) is 0 Å². The topological polar surface area (TPSA) is 29.5 Å². The molecule has 2 atom stereocenters. The van der Waals surface area contributed by atoms with Crippen LogP contribution in [0, 0.1) is 18.3 Å². The maximum Gasteiger partial charge on any atom is 0.0943 e. The van der Waals surface area contributed by atoms with Gasteiger partial charge in [-0.05, 0) is 6.42 Å². The molecular weight excluding hydrogens is 116 g/mol. The van der Waals surface area contributed by atoms with Gasteiger partial charge in [0.2, 0.25) is 0 Å². The van der Waals surface area contributed by atoms with Gasteiger partial charge in [0, 0.05) is 6.61 Å². The molecule has 1 aliphatic rings. The minimum Gasteiger partial charge on any atom is -0.394 e. The Bertz CT molecular complexity index is 125. The van der Waals surface area contributed by atoms with Gasteiger partial charge in [-0.2, -0.15) is 0 Å². The first kappa shape index (κ1) is 6.60. The summed E-state index contributed by atoms with van der Waals surface area (Å²) in [5, 5.41) is 8.65. The van der Waals surface area contributed by atoms with E-state index >= 15 is 0 Å². The average Bonchev–Trinajstić information content (AvgIpc) is 2.33. The third kappa shape index (κ3) is 1.24. The van der Waals surface area contributed by atoms with Crippen molar-refractivity contribution >= 4 is 0 Å². The van der Waals surface area contributed by atoms with Crippen LogP contribution in [0.15, 0.2) is 0 Å². The highest BCUT2D eigenvalue weighted by molar-refractivity contribution is 4.99. The lowest BCUT2D eigenvalue weighted by atomic mass is 10.0. The molecule has 1 rings (SSSR count). The summed E-state index contributed by atoms with van der Waals surface area (Å²) in [6.45, 7) is 0.745. The zero-order valence-electron chi connectivity index (χ0n) is 5.21. The van der Waals surface area contributed by atoms with Gasteiger partial charge in [0.25, 0.3) is 0 Å². The van der Waals surface area contributed by atoms with Crippen molar-refractivity contribution < 1.29 is 9.84 Å². The standard InChI is InChI=1S/C7H10O2/c1-2-6-3-4-9-7(6)5-8/h1,6-8H,3-5H2. The second-order valence-corrected chi connectivity index (χ2v) is 2.15. The number of hydrogen-bond acceptors (Lipinski definition) is 2. The molecule has 1 heterocycles. The van der Waals surface area contributed by atoms with E-state index in [1.165, 1.54) is 0 Å². The summed E-state index contributed by atoms with van der Waals surface area (Å²) in [5.41, 5.74) is 0. The molecule has 0 amide bonds. The van der Waals surface area contributed by atoms with E-state index in [0.717, 1.165) is 6.42 Å². The summed E-state index contributed by atoms with van der Waals surface area (Å²) in [4.78, 5) is 0. The van der Waals surface area contributed by atoms with Crippen LogP contribution in [0.4, 0.5) is 0 Å². The summed E-state index contributed by atoms with van der Waals surface area (Å²) < 4.78 is 5.11. The van der Waals surface area contributed by atoms with E-state index in [1.807, 2.05) is 0 Å². The Morgan fingerprint density at radius 2 is 2.56 bits per heavy atom. The molecule has 0 bridgehead atoms. The van der Waals surface area contributed by atoms with Crippen LogP contribution in [0.5, 0.6) is 0 Å². The van der Waals surface area contributed by atoms with Gasteiger partial charge in [0.05, 0.1) is 18.6 Å². The van der Waals surface area contributed by atoms with Crippen LogP contribution in [0.2, 0.25) is 0 Å². The fourth-order valence-electron chi connectivity index (χ4n) is 1.02. The Morgan fingerprint density at radius 3 is 3.00 bits per heavy atom. The maximum atomic E-state index is 8.65. The quantitative estimate of drug-likeness (QED) is 0.502.